The predicted molar refractivity (Wildman–Crippen MR) is 104 cm³/mol. The van der Waals surface area contributed by atoms with Crippen LogP contribution in [0.25, 0.3) is 0 Å². The monoisotopic (exact) mass is 372 g/mol. The molecule has 28 heavy (non-hydrogen) atoms. The summed E-state index contributed by atoms with van der Waals surface area (Å²) in [6.45, 7) is 0. The molecule has 0 aliphatic heterocycles. The third-order valence-electron chi connectivity index (χ3n) is 6.31. The maximum Gasteiger partial charge on any atom is 0.334 e. The van der Waals surface area contributed by atoms with Crippen molar-refractivity contribution >= 4 is 11.9 Å². The Morgan fingerprint density at radius 1 is 0.679 bits per heavy atom. The van der Waals surface area contributed by atoms with E-state index in [2.05, 4.69) is 48.5 Å². The number of carbonyl (C=O) groups is 2. The average molecular weight is 372 g/mol. The highest BCUT2D eigenvalue weighted by atomic mass is 16.5. The van der Waals surface area contributed by atoms with Crippen molar-refractivity contribution in [3.8, 4) is 0 Å². The van der Waals surface area contributed by atoms with E-state index in [1.54, 1.807) is 0 Å². The Hall–Kier alpha value is -3.14. The summed E-state index contributed by atoms with van der Waals surface area (Å²) in [6, 6.07) is 17.0. The number of benzene rings is 2. The van der Waals surface area contributed by atoms with Crippen molar-refractivity contribution in [2.75, 3.05) is 14.2 Å². The van der Waals surface area contributed by atoms with Crippen LogP contribution in [0.1, 0.15) is 46.9 Å². The summed E-state index contributed by atoms with van der Waals surface area (Å²) in [7, 11) is 2.71. The van der Waals surface area contributed by atoms with Gasteiger partial charge >= 0.3 is 11.9 Å². The maximum atomic E-state index is 12.5. The smallest absolute Gasteiger partial charge is 0.334 e. The number of allylic oxidation sites excluding steroid dienone is 2. The zero-order chi connectivity index (χ0) is 19.4. The molecule has 4 aliphatic rings. The van der Waals surface area contributed by atoms with Gasteiger partial charge in [-0.15, -0.1) is 0 Å². The quantitative estimate of drug-likeness (QED) is 0.590. The van der Waals surface area contributed by atoms with Gasteiger partial charge in [0.05, 0.1) is 25.4 Å². The first-order chi connectivity index (χ1) is 13.7. The van der Waals surface area contributed by atoms with Gasteiger partial charge in [0.1, 0.15) is 0 Å². The summed E-state index contributed by atoms with van der Waals surface area (Å²) in [5.74, 6) is -0.664. The van der Waals surface area contributed by atoms with Crippen molar-refractivity contribution in [2.24, 2.45) is 0 Å². The zero-order valence-corrected chi connectivity index (χ0v) is 15.8. The summed E-state index contributed by atoms with van der Waals surface area (Å²) < 4.78 is 9.97. The Morgan fingerprint density at radius 2 is 1.00 bits per heavy atom. The molecule has 0 fully saturated rings. The number of ether oxygens (including phenoxy) is 2. The fourth-order valence-corrected chi connectivity index (χ4v) is 5.19. The fourth-order valence-electron chi connectivity index (χ4n) is 5.19. The van der Waals surface area contributed by atoms with Gasteiger partial charge in [0.15, 0.2) is 0 Å². The molecule has 0 saturated carbocycles. The van der Waals surface area contributed by atoms with Crippen molar-refractivity contribution in [3.63, 3.8) is 0 Å². The van der Waals surface area contributed by atoms with Crippen LogP contribution in [0.15, 0.2) is 70.8 Å². The molecule has 2 aromatic rings. The molecule has 140 valence electrons. The number of rotatable bonds is 2. The maximum absolute atomic E-state index is 12.5. The number of hydrogen-bond acceptors (Lipinski definition) is 4. The SMILES string of the molecule is COC(=O)C1=C(C(=O)OC)CC2=C(C1)C1c3ccccc3C2c2ccccc21. The van der Waals surface area contributed by atoms with Gasteiger partial charge in [-0.1, -0.05) is 59.7 Å². The van der Waals surface area contributed by atoms with Gasteiger partial charge in [-0.25, -0.2) is 9.59 Å². The van der Waals surface area contributed by atoms with Crippen LogP contribution in [0.2, 0.25) is 0 Å². The minimum atomic E-state index is -0.449. The van der Waals surface area contributed by atoms with E-state index >= 15 is 0 Å². The highest BCUT2D eigenvalue weighted by Gasteiger charge is 2.45. The molecule has 0 atom stereocenters. The first kappa shape index (κ1) is 17.0. The van der Waals surface area contributed by atoms with Gasteiger partial charge in [0.25, 0.3) is 0 Å². The molecule has 0 amide bonds. The van der Waals surface area contributed by atoms with Crippen LogP contribution in [0.5, 0.6) is 0 Å². The van der Waals surface area contributed by atoms with Crippen LogP contribution in [0.4, 0.5) is 0 Å². The third kappa shape index (κ3) is 2.18. The number of carbonyl (C=O) groups excluding carboxylic acids is 2. The largest absolute Gasteiger partial charge is 0.466 e. The van der Waals surface area contributed by atoms with Gasteiger partial charge < -0.3 is 9.47 Å². The van der Waals surface area contributed by atoms with Crippen LogP contribution in [0, 0.1) is 0 Å². The second-order valence-corrected chi connectivity index (χ2v) is 7.47. The van der Waals surface area contributed by atoms with E-state index in [1.165, 1.54) is 47.6 Å². The molecule has 4 heteroatoms. The molecule has 2 aromatic carbocycles. The fraction of sp³-hybridized carbons (Fsp3) is 0.250. The van der Waals surface area contributed by atoms with Crippen molar-refractivity contribution in [3.05, 3.63) is 93.1 Å². The Kier molecular flexibility index (Phi) is 3.76. The molecule has 0 N–H and O–H groups in total. The molecule has 0 heterocycles. The standard InChI is InChI=1S/C24H20O4/c1-27-23(25)19-11-17-18(12-20(19)24(26)28-2)22-15-9-5-3-7-13(15)21(17)14-8-4-6-10-16(14)22/h3-10,21-22H,11-12H2,1-2H3. The molecule has 6 rings (SSSR count). The summed E-state index contributed by atoms with van der Waals surface area (Å²) in [5.41, 5.74) is 8.52. The van der Waals surface area contributed by atoms with Crippen LogP contribution in [-0.4, -0.2) is 26.2 Å². The number of methoxy groups -OCH3 is 2. The van der Waals surface area contributed by atoms with Crippen molar-refractivity contribution in [2.45, 2.75) is 24.7 Å². The Morgan fingerprint density at radius 3 is 1.29 bits per heavy atom. The minimum absolute atomic E-state index is 0.117. The average Bonchev–Trinajstić information content (AvgIpc) is 2.76. The van der Waals surface area contributed by atoms with E-state index in [0.29, 0.717) is 24.0 Å². The molecular weight excluding hydrogens is 352 g/mol. The molecule has 2 bridgehead atoms. The highest BCUT2D eigenvalue weighted by molar-refractivity contribution is 6.02. The van der Waals surface area contributed by atoms with Gasteiger partial charge in [-0.05, 0) is 22.3 Å². The van der Waals surface area contributed by atoms with Gasteiger partial charge in [0.2, 0.25) is 0 Å². The van der Waals surface area contributed by atoms with E-state index in [0.717, 1.165) is 0 Å². The lowest BCUT2D eigenvalue weighted by molar-refractivity contribution is -0.139. The number of esters is 2. The second-order valence-electron chi connectivity index (χ2n) is 7.47. The zero-order valence-electron chi connectivity index (χ0n) is 15.8. The van der Waals surface area contributed by atoms with Crippen LogP contribution in [-0.2, 0) is 19.1 Å². The molecule has 4 aliphatic carbocycles. The Balaban J connectivity index is 1.71. The number of hydrogen-bond donors (Lipinski definition) is 0. The van der Waals surface area contributed by atoms with E-state index in [-0.39, 0.29) is 11.8 Å². The molecular formula is C24H20O4. The summed E-state index contributed by atoms with van der Waals surface area (Å²) in [5, 5.41) is 0. The van der Waals surface area contributed by atoms with Crippen LogP contribution in [0.3, 0.4) is 0 Å². The first-order valence-electron chi connectivity index (χ1n) is 9.43. The molecule has 0 radical (unpaired) electrons. The van der Waals surface area contributed by atoms with Gasteiger partial charge in [-0.2, -0.15) is 0 Å². The van der Waals surface area contributed by atoms with Crippen molar-refractivity contribution < 1.29 is 19.1 Å². The summed E-state index contributed by atoms with van der Waals surface area (Å²) in [4.78, 5) is 24.9. The van der Waals surface area contributed by atoms with E-state index in [4.69, 9.17) is 9.47 Å². The molecule has 0 unspecified atom stereocenters. The lowest BCUT2D eigenvalue weighted by Gasteiger charge is -2.45. The highest BCUT2D eigenvalue weighted by Crippen LogP contribution is 2.59. The van der Waals surface area contributed by atoms with Crippen LogP contribution < -0.4 is 0 Å². The van der Waals surface area contributed by atoms with Gasteiger partial charge in [-0.3, -0.25) is 0 Å². The normalized spacial score (nSPS) is 21.6. The van der Waals surface area contributed by atoms with E-state index in [9.17, 15) is 9.59 Å². The van der Waals surface area contributed by atoms with Crippen molar-refractivity contribution in [1.82, 2.24) is 0 Å². The molecule has 0 aromatic heterocycles. The lowest BCUT2D eigenvalue weighted by Crippen LogP contribution is -2.32. The Bertz CT molecular complexity index is 958. The van der Waals surface area contributed by atoms with E-state index in [1.807, 2.05) is 0 Å². The predicted octanol–water partition coefficient (Wildman–Crippen LogP) is 4.01. The Labute approximate surface area is 163 Å². The van der Waals surface area contributed by atoms with Crippen molar-refractivity contribution in [1.29, 1.82) is 0 Å². The lowest BCUT2D eigenvalue weighted by atomic mass is 9.58. The summed E-state index contributed by atoms with van der Waals surface area (Å²) in [6.07, 6.45) is 0.854. The topological polar surface area (TPSA) is 52.6 Å². The minimum Gasteiger partial charge on any atom is -0.466 e. The third-order valence-corrected chi connectivity index (χ3v) is 6.31. The first-order valence-corrected chi connectivity index (χ1v) is 9.43. The summed E-state index contributed by atoms with van der Waals surface area (Å²) >= 11 is 0. The van der Waals surface area contributed by atoms with Gasteiger partial charge in [0, 0.05) is 24.7 Å². The molecule has 0 spiro atoms. The van der Waals surface area contributed by atoms with E-state index < -0.39 is 11.9 Å². The molecule has 4 nitrogen and oxygen atoms in total. The molecule has 0 saturated heterocycles. The second kappa shape index (κ2) is 6.20. The van der Waals surface area contributed by atoms with Crippen LogP contribution >= 0.6 is 0 Å².